The molecule has 0 aliphatic carbocycles. The highest BCUT2D eigenvalue weighted by atomic mass is 79.9. The number of carbonyl (C=O) groups is 1. The molecule has 0 unspecified atom stereocenters. The van der Waals surface area contributed by atoms with Crippen LogP contribution in [0, 0.1) is 0 Å². The van der Waals surface area contributed by atoms with Crippen molar-refractivity contribution in [3.8, 4) is 0 Å². The molecule has 0 aromatic carbocycles. The summed E-state index contributed by atoms with van der Waals surface area (Å²) in [6, 6.07) is 3.52. The van der Waals surface area contributed by atoms with Crippen molar-refractivity contribution in [2.45, 2.75) is 6.42 Å². The van der Waals surface area contributed by atoms with Crippen LogP contribution in [0.2, 0.25) is 0 Å². The SMILES string of the molecule is O=Cc1ccc(N2CCC=C(Br)C2)o1. The van der Waals surface area contributed by atoms with Crippen LogP contribution in [-0.4, -0.2) is 19.4 Å². The molecule has 14 heavy (non-hydrogen) atoms. The first-order chi connectivity index (χ1) is 6.79. The van der Waals surface area contributed by atoms with E-state index in [-0.39, 0.29) is 0 Å². The van der Waals surface area contributed by atoms with Crippen LogP contribution in [0.1, 0.15) is 17.0 Å². The standard InChI is InChI=1S/C10H10BrNO2/c11-8-2-1-5-12(6-8)10-4-3-9(7-13)14-10/h2-4,7H,1,5-6H2. The van der Waals surface area contributed by atoms with Crippen molar-refractivity contribution >= 4 is 28.1 Å². The summed E-state index contributed by atoms with van der Waals surface area (Å²) in [5.74, 6) is 1.14. The Labute approximate surface area is 90.5 Å². The normalized spacial score (nSPS) is 16.6. The predicted molar refractivity (Wildman–Crippen MR) is 57.9 cm³/mol. The fraction of sp³-hybridized carbons (Fsp3) is 0.300. The second-order valence-electron chi connectivity index (χ2n) is 3.16. The predicted octanol–water partition coefficient (Wildman–Crippen LogP) is 2.58. The zero-order valence-corrected chi connectivity index (χ0v) is 9.16. The highest BCUT2D eigenvalue weighted by Gasteiger charge is 2.14. The molecular weight excluding hydrogens is 246 g/mol. The Morgan fingerprint density at radius 1 is 1.50 bits per heavy atom. The van der Waals surface area contributed by atoms with E-state index < -0.39 is 0 Å². The van der Waals surface area contributed by atoms with Crippen molar-refractivity contribution in [1.82, 2.24) is 0 Å². The third kappa shape index (κ3) is 1.90. The number of hydrogen-bond donors (Lipinski definition) is 0. The van der Waals surface area contributed by atoms with Crippen LogP contribution in [-0.2, 0) is 0 Å². The van der Waals surface area contributed by atoms with Crippen LogP contribution >= 0.6 is 15.9 Å². The van der Waals surface area contributed by atoms with Crippen LogP contribution in [0.15, 0.2) is 27.1 Å². The van der Waals surface area contributed by atoms with E-state index in [1.807, 2.05) is 6.07 Å². The monoisotopic (exact) mass is 255 g/mol. The minimum atomic E-state index is 0.380. The Morgan fingerprint density at radius 3 is 3.00 bits per heavy atom. The number of furan rings is 1. The van der Waals surface area contributed by atoms with Gasteiger partial charge in [0.1, 0.15) is 0 Å². The van der Waals surface area contributed by atoms with Crippen LogP contribution in [0.4, 0.5) is 5.88 Å². The number of rotatable bonds is 2. The second kappa shape index (κ2) is 4.00. The molecule has 1 aromatic rings. The Balaban J connectivity index is 2.15. The molecule has 3 nitrogen and oxygen atoms in total. The van der Waals surface area contributed by atoms with Crippen LogP contribution in [0.5, 0.6) is 0 Å². The fourth-order valence-electron chi connectivity index (χ4n) is 1.47. The molecule has 0 bridgehead atoms. The van der Waals surface area contributed by atoms with Crippen molar-refractivity contribution < 1.29 is 9.21 Å². The molecule has 74 valence electrons. The highest BCUT2D eigenvalue weighted by Crippen LogP contribution is 2.23. The quantitative estimate of drug-likeness (QED) is 0.762. The van der Waals surface area contributed by atoms with Crippen molar-refractivity contribution in [3.63, 3.8) is 0 Å². The van der Waals surface area contributed by atoms with Crippen molar-refractivity contribution in [1.29, 1.82) is 0 Å². The smallest absolute Gasteiger partial charge is 0.196 e. The van der Waals surface area contributed by atoms with E-state index in [9.17, 15) is 4.79 Å². The Bertz CT molecular complexity index is 370. The maximum atomic E-state index is 10.4. The van der Waals surface area contributed by atoms with Gasteiger partial charge in [0.25, 0.3) is 0 Å². The van der Waals surface area contributed by atoms with E-state index in [2.05, 4.69) is 26.9 Å². The average Bonchev–Trinajstić information content (AvgIpc) is 2.66. The minimum absolute atomic E-state index is 0.380. The molecule has 0 atom stereocenters. The molecule has 2 rings (SSSR count). The molecule has 1 aliphatic heterocycles. The molecule has 0 radical (unpaired) electrons. The van der Waals surface area contributed by atoms with E-state index in [0.717, 1.165) is 36.2 Å². The maximum Gasteiger partial charge on any atom is 0.196 e. The topological polar surface area (TPSA) is 33.5 Å². The maximum absolute atomic E-state index is 10.4. The lowest BCUT2D eigenvalue weighted by Crippen LogP contribution is -2.27. The molecule has 4 heteroatoms. The number of anilines is 1. The van der Waals surface area contributed by atoms with Crippen molar-refractivity contribution in [3.05, 3.63) is 28.5 Å². The largest absolute Gasteiger partial charge is 0.438 e. The van der Waals surface area contributed by atoms with Gasteiger partial charge in [-0.05, 0) is 12.5 Å². The minimum Gasteiger partial charge on any atom is -0.438 e. The van der Waals surface area contributed by atoms with Crippen LogP contribution in [0.3, 0.4) is 0 Å². The third-order valence-corrected chi connectivity index (χ3v) is 2.72. The van der Waals surface area contributed by atoms with E-state index in [1.165, 1.54) is 0 Å². The molecule has 0 fully saturated rings. The Morgan fingerprint density at radius 2 is 2.36 bits per heavy atom. The number of nitrogens with zero attached hydrogens (tertiary/aromatic N) is 1. The van der Waals surface area contributed by atoms with Crippen molar-refractivity contribution in [2.24, 2.45) is 0 Å². The van der Waals surface area contributed by atoms with Gasteiger partial charge < -0.3 is 9.32 Å². The molecule has 2 heterocycles. The summed E-state index contributed by atoms with van der Waals surface area (Å²) in [6.07, 6.45) is 3.87. The molecule has 1 aromatic heterocycles. The fourth-order valence-corrected chi connectivity index (χ4v) is 2.00. The van der Waals surface area contributed by atoms with E-state index in [0.29, 0.717) is 5.76 Å². The zero-order chi connectivity index (χ0) is 9.97. The Hall–Kier alpha value is -1.03. The zero-order valence-electron chi connectivity index (χ0n) is 7.57. The number of carbonyl (C=O) groups excluding carboxylic acids is 1. The summed E-state index contributed by atoms with van der Waals surface area (Å²) in [7, 11) is 0. The number of halogens is 1. The summed E-state index contributed by atoms with van der Waals surface area (Å²) in [4.78, 5) is 12.5. The molecule has 0 saturated carbocycles. The summed E-state index contributed by atoms with van der Waals surface area (Å²) in [5, 5.41) is 0. The molecule has 0 amide bonds. The van der Waals surface area contributed by atoms with Crippen molar-refractivity contribution in [2.75, 3.05) is 18.0 Å². The first kappa shape index (κ1) is 9.52. The third-order valence-electron chi connectivity index (χ3n) is 2.15. The average molecular weight is 256 g/mol. The van der Waals surface area contributed by atoms with Gasteiger partial charge in [0.2, 0.25) is 0 Å². The van der Waals surface area contributed by atoms with Gasteiger partial charge in [-0.3, -0.25) is 4.79 Å². The molecule has 0 N–H and O–H groups in total. The first-order valence-electron chi connectivity index (χ1n) is 4.44. The van der Waals surface area contributed by atoms with E-state index in [1.54, 1.807) is 6.07 Å². The lowest BCUT2D eigenvalue weighted by Gasteiger charge is -2.24. The first-order valence-corrected chi connectivity index (χ1v) is 5.23. The lowest BCUT2D eigenvalue weighted by atomic mass is 10.2. The molecular formula is C10H10BrNO2. The van der Waals surface area contributed by atoms with Gasteiger partial charge in [0.15, 0.2) is 17.9 Å². The summed E-state index contributed by atoms with van der Waals surface area (Å²) < 4.78 is 6.49. The summed E-state index contributed by atoms with van der Waals surface area (Å²) in [6.45, 7) is 1.74. The summed E-state index contributed by atoms with van der Waals surface area (Å²) in [5.41, 5.74) is 0. The number of aldehydes is 1. The van der Waals surface area contributed by atoms with Gasteiger partial charge >= 0.3 is 0 Å². The lowest BCUT2D eigenvalue weighted by molar-refractivity contribution is 0.110. The number of hydrogen-bond acceptors (Lipinski definition) is 3. The molecule has 1 aliphatic rings. The van der Waals surface area contributed by atoms with E-state index in [4.69, 9.17) is 4.42 Å². The Kier molecular flexibility index (Phi) is 2.72. The van der Waals surface area contributed by atoms with E-state index >= 15 is 0 Å². The summed E-state index contributed by atoms with van der Waals surface area (Å²) >= 11 is 3.46. The van der Waals surface area contributed by atoms with Gasteiger partial charge in [-0.25, -0.2) is 0 Å². The van der Waals surface area contributed by atoms with Gasteiger partial charge in [-0.1, -0.05) is 22.0 Å². The highest BCUT2D eigenvalue weighted by molar-refractivity contribution is 9.11. The van der Waals surface area contributed by atoms with Crippen LogP contribution < -0.4 is 4.90 Å². The van der Waals surface area contributed by atoms with Crippen LogP contribution in [0.25, 0.3) is 0 Å². The van der Waals surface area contributed by atoms with Gasteiger partial charge in [-0.2, -0.15) is 0 Å². The molecule has 0 spiro atoms. The van der Waals surface area contributed by atoms with Gasteiger partial charge in [-0.15, -0.1) is 0 Å². The second-order valence-corrected chi connectivity index (χ2v) is 4.17. The van der Waals surface area contributed by atoms with Gasteiger partial charge in [0.05, 0.1) is 6.54 Å². The molecule has 0 saturated heterocycles. The van der Waals surface area contributed by atoms with Gasteiger partial charge in [0, 0.05) is 17.1 Å².